The number of nitrogens with two attached hydrogens (primary N) is 1. The zero-order valence-corrected chi connectivity index (χ0v) is 11.3. The van der Waals surface area contributed by atoms with Crippen LogP contribution in [0.3, 0.4) is 0 Å². The lowest BCUT2D eigenvalue weighted by Crippen LogP contribution is -2.16. The van der Waals surface area contributed by atoms with Gasteiger partial charge in [-0.1, -0.05) is 17.3 Å². The molecule has 0 spiro atoms. The Balaban J connectivity index is 2.22. The molecule has 4 N–H and O–H groups in total. The molecule has 0 atom stereocenters. The third kappa shape index (κ3) is 3.36. The van der Waals surface area contributed by atoms with Gasteiger partial charge in [0.15, 0.2) is 5.84 Å². The van der Waals surface area contributed by atoms with Gasteiger partial charge in [-0.15, -0.1) is 0 Å². The number of nitrogens with one attached hydrogen (secondary N) is 1. The predicted octanol–water partition coefficient (Wildman–Crippen LogP) is 2.48. The Bertz CT molecular complexity index is 714. The molecular weight excluding hydrogens is 273 g/mol. The van der Waals surface area contributed by atoms with Gasteiger partial charge in [-0.05, 0) is 42.8 Å². The molecule has 0 aliphatic rings. The van der Waals surface area contributed by atoms with E-state index in [2.05, 4.69) is 10.5 Å². The minimum Gasteiger partial charge on any atom is -0.409 e. The summed E-state index contributed by atoms with van der Waals surface area (Å²) in [4.78, 5) is 12.1. The first kappa shape index (κ1) is 14.5. The molecule has 0 fully saturated rings. The Hall–Kier alpha value is -2.89. The van der Waals surface area contributed by atoms with E-state index in [9.17, 15) is 9.18 Å². The topological polar surface area (TPSA) is 87.7 Å². The van der Waals surface area contributed by atoms with Crippen LogP contribution >= 0.6 is 0 Å². The highest BCUT2D eigenvalue weighted by Gasteiger charge is 2.09. The number of nitrogens with zero attached hydrogens (tertiary/aromatic N) is 1. The molecule has 2 aromatic rings. The summed E-state index contributed by atoms with van der Waals surface area (Å²) in [5.41, 5.74) is 7.19. The van der Waals surface area contributed by atoms with Crippen LogP contribution in [-0.2, 0) is 0 Å². The average molecular weight is 287 g/mol. The summed E-state index contributed by atoms with van der Waals surface area (Å²) >= 11 is 0. The summed E-state index contributed by atoms with van der Waals surface area (Å²) in [6.45, 7) is 1.62. The van der Waals surface area contributed by atoms with Gasteiger partial charge in [-0.3, -0.25) is 4.79 Å². The lowest BCUT2D eigenvalue weighted by atomic mass is 10.1. The normalized spacial score (nSPS) is 11.2. The molecular formula is C15H14FN3O2. The molecule has 0 aliphatic heterocycles. The van der Waals surface area contributed by atoms with Crippen LogP contribution in [0.15, 0.2) is 47.6 Å². The van der Waals surface area contributed by atoms with E-state index < -0.39 is 0 Å². The van der Waals surface area contributed by atoms with Crippen molar-refractivity contribution in [2.75, 3.05) is 5.32 Å². The number of oxime groups is 1. The van der Waals surface area contributed by atoms with Crippen molar-refractivity contribution < 1.29 is 14.4 Å². The maximum Gasteiger partial charge on any atom is 0.255 e. The van der Waals surface area contributed by atoms with Crippen LogP contribution in [0, 0.1) is 12.7 Å². The van der Waals surface area contributed by atoms with Crippen molar-refractivity contribution in [1.29, 1.82) is 0 Å². The molecule has 6 heteroatoms. The third-order valence-electron chi connectivity index (χ3n) is 2.94. The summed E-state index contributed by atoms with van der Waals surface area (Å²) in [6, 6.07) is 10.7. The number of benzene rings is 2. The fourth-order valence-corrected chi connectivity index (χ4v) is 1.80. The van der Waals surface area contributed by atoms with Gasteiger partial charge in [0, 0.05) is 16.8 Å². The van der Waals surface area contributed by atoms with Crippen molar-refractivity contribution in [1.82, 2.24) is 0 Å². The molecule has 0 radical (unpaired) electrons. The summed E-state index contributed by atoms with van der Waals surface area (Å²) < 4.78 is 13.2. The van der Waals surface area contributed by atoms with Gasteiger partial charge >= 0.3 is 0 Å². The van der Waals surface area contributed by atoms with Crippen molar-refractivity contribution in [2.24, 2.45) is 10.9 Å². The smallest absolute Gasteiger partial charge is 0.255 e. The van der Waals surface area contributed by atoms with Crippen LogP contribution in [0.2, 0.25) is 0 Å². The number of amidine groups is 1. The number of hydrogen-bond donors (Lipinski definition) is 3. The van der Waals surface area contributed by atoms with E-state index in [1.165, 1.54) is 18.2 Å². The second-order valence-electron chi connectivity index (χ2n) is 4.48. The molecule has 0 aromatic heterocycles. The minimum absolute atomic E-state index is 0.0812. The van der Waals surface area contributed by atoms with Gasteiger partial charge in [-0.25, -0.2) is 4.39 Å². The van der Waals surface area contributed by atoms with Crippen LogP contribution in [0.4, 0.5) is 10.1 Å². The number of carbonyl (C=O) groups excluding carboxylic acids is 1. The molecule has 0 bridgehead atoms. The van der Waals surface area contributed by atoms with Crippen LogP contribution in [0.25, 0.3) is 0 Å². The van der Waals surface area contributed by atoms with E-state index in [0.717, 1.165) is 0 Å². The van der Waals surface area contributed by atoms with Gasteiger partial charge in [0.25, 0.3) is 5.91 Å². The first-order valence-electron chi connectivity index (χ1n) is 6.16. The Morgan fingerprint density at radius 3 is 2.62 bits per heavy atom. The van der Waals surface area contributed by atoms with Crippen LogP contribution in [-0.4, -0.2) is 17.0 Å². The van der Waals surface area contributed by atoms with Crippen molar-refractivity contribution in [3.8, 4) is 0 Å². The largest absolute Gasteiger partial charge is 0.409 e. The fraction of sp³-hybridized carbons (Fsp3) is 0.0667. The lowest BCUT2D eigenvalue weighted by Gasteiger charge is -2.07. The number of halogens is 1. The molecule has 0 aliphatic carbocycles. The van der Waals surface area contributed by atoms with Gasteiger partial charge in [0.2, 0.25) is 0 Å². The monoisotopic (exact) mass is 287 g/mol. The van der Waals surface area contributed by atoms with Crippen molar-refractivity contribution in [3.63, 3.8) is 0 Å². The number of hydrogen-bond acceptors (Lipinski definition) is 3. The second kappa shape index (κ2) is 6.04. The molecule has 2 rings (SSSR count). The highest BCUT2D eigenvalue weighted by molar-refractivity contribution is 6.06. The highest BCUT2D eigenvalue weighted by atomic mass is 19.1. The number of rotatable bonds is 3. The zero-order chi connectivity index (χ0) is 15.4. The van der Waals surface area contributed by atoms with Gasteiger partial charge in [0.05, 0.1) is 0 Å². The summed E-state index contributed by atoms with van der Waals surface area (Å²) in [6.07, 6.45) is 0. The number of anilines is 1. The lowest BCUT2D eigenvalue weighted by molar-refractivity contribution is 0.102. The van der Waals surface area contributed by atoms with E-state index in [0.29, 0.717) is 22.4 Å². The Labute approximate surface area is 120 Å². The molecule has 21 heavy (non-hydrogen) atoms. The van der Waals surface area contributed by atoms with Gasteiger partial charge in [-0.2, -0.15) is 0 Å². The number of aryl methyl sites for hydroxylation is 1. The fourth-order valence-electron chi connectivity index (χ4n) is 1.80. The first-order valence-corrected chi connectivity index (χ1v) is 6.16. The van der Waals surface area contributed by atoms with E-state index in [1.807, 2.05) is 0 Å². The van der Waals surface area contributed by atoms with Crippen molar-refractivity contribution in [3.05, 3.63) is 65.0 Å². The third-order valence-corrected chi connectivity index (χ3v) is 2.94. The summed E-state index contributed by atoms with van der Waals surface area (Å²) in [7, 11) is 0. The standard InChI is InChI=1S/C15H14FN3O2/c1-9-7-12(5-6-13(9)16)18-15(20)11-4-2-3-10(8-11)14(17)19-21/h2-8,21H,1H3,(H2,17,19)(H,18,20). The predicted molar refractivity (Wildman–Crippen MR) is 78.0 cm³/mol. The van der Waals surface area contributed by atoms with Crippen molar-refractivity contribution >= 4 is 17.4 Å². The molecule has 2 aromatic carbocycles. The van der Waals surface area contributed by atoms with E-state index in [4.69, 9.17) is 10.9 Å². The maximum absolute atomic E-state index is 13.2. The van der Waals surface area contributed by atoms with Crippen LogP contribution in [0.1, 0.15) is 21.5 Å². The number of amides is 1. The molecule has 0 unspecified atom stereocenters. The summed E-state index contributed by atoms with van der Waals surface area (Å²) in [5.74, 6) is -0.780. The SMILES string of the molecule is Cc1cc(NC(=O)c2cccc(C(N)=NO)c2)ccc1F. The molecule has 5 nitrogen and oxygen atoms in total. The van der Waals surface area contributed by atoms with E-state index >= 15 is 0 Å². The molecule has 0 saturated heterocycles. The molecule has 0 heterocycles. The van der Waals surface area contributed by atoms with Crippen molar-refractivity contribution in [2.45, 2.75) is 6.92 Å². The van der Waals surface area contributed by atoms with Crippen LogP contribution < -0.4 is 11.1 Å². The number of carbonyl (C=O) groups is 1. The quantitative estimate of drug-likeness (QED) is 0.351. The molecule has 0 saturated carbocycles. The molecule has 108 valence electrons. The Morgan fingerprint density at radius 2 is 1.95 bits per heavy atom. The maximum atomic E-state index is 13.2. The first-order chi connectivity index (χ1) is 10.0. The highest BCUT2D eigenvalue weighted by Crippen LogP contribution is 2.15. The Kier molecular flexibility index (Phi) is 4.18. The summed E-state index contributed by atoms with van der Waals surface area (Å²) in [5, 5.41) is 14.2. The average Bonchev–Trinajstić information content (AvgIpc) is 2.50. The molecule has 1 amide bonds. The zero-order valence-electron chi connectivity index (χ0n) is 11.3. The van der Waals surface area contributed by atoms with Crippen LogP contribution in [0.5, 0.6) is 0 Å². The second-order valence-corrected chi connectivity index (χ2v) is 4.48. The van der Waals surface area contributed by atoms with Gasteiger partial charge in [0.1, 0.15) is 5.82 Å². The Morgan fingerprint density at radius 1 is 1.24 bits per heavy atom. The van der Waals surface area contributed by atoms with E-state index in [-0.39, 0.29) is 17.6 Å². The van der Waals surface area contributed by atoms with E-state index in [1.54, 1.807) is 31.2 Å². The van der Waals surface area contributed by atoms with Gasteiger partial charge < -0.3 is 16.3 Å². The minimum atomic E-state index is -0.367.